The van der Waals surface area contributed by atoms with Crippen LogP contribution in [0.3, 0.4) is 0 Å². The number of hydrogen-bond acceptors (Lipinski definition) is 9. The van der Waals surface area contributed by atoms with E-state index in [0.29, 0.717) is 39.0 Å². The van der Waals surface area contributed by atoms with E-state index in [1.807, 2.05) is 55.4 Å². The van der Waals surface area contributed by atoms with E-state index in [4.69, 9.17) is 5.73 Å². The van der Waals surface area contributed by atoms with E-state index in [1.54, 1.807) is 0 Å². The van der Waals surface area contributed by atoms with Crippen LogP contribution >= 0.6 is 12.9 Å². The number of carbonyl (C=O) groups is 5. The first-order valence-electron chi connectivity index (χ1n) is 15.2. The highest BCUT2D eigenvalue weighted by Gasteiger charge is 2.43. The summed E-state index contributed by atoms with van der Waals surface area (Å²) in [6.07, 6.45) is 2.80. The predicted octanol–water partition coefficient (Wildman–Crippen LogP) is 2.06. The molecule has 1 saturated heterocycles. The molecule has 0 aromatic heterocycles. The Morgan fingerprint density at radius 2 is 1.64 bits per heavy atom. The van der Waals surface area contributed by atoms with Gasteiger partial charge in [-0.2, -0.15) is 5.48 Å². The van der Waals surface area contributed by atoms with Crippen molar-refractivity contribution < 1.29 is 28.3 Å². The Hall–Kier alpha value is -2.42. The lowest BCUT2D eigenvalue weighted by Gasteiger charge is -2.37. The second kappa shape index (κ2) is 19.2. The number of amides is 5. The number of carbonyl (C=O) groups excluding carboxylic acids is 5. The van der Waals surface area contributed by atoms with Gasteiger partial charge in [-0.15, -0.1) is 0 Å². The molecule has 13 nitrogen and oxygen atoms in total. The average Bonchev–Trinajstić information content (AvgIpc) is 3.40. The molecule has 0 aromatic rings. The summed E-state index contributed by atoms with van der Waals surface area (Å²) in [5.74, 6) is -2.80. The minimum atomic E-state index is -1.11. The molecule has 14 heteroatoms. The zero-order chi connectivity index (χ0) is 33.0. The van der Waals surface area contributed by atoms with Gasteiger partial charge in [-0.3, -0.25) is 19.2 Å². The van der Waals surface area contributed by atoms with Crippen LogP contribution in [0.1, 0.15) is 94.9 Å². The van der Waals surface area contributed by atoms with Gasteiger partial charge < -0.3 is 31.9 Å². The highest BCUT2D eigenvalue weighted by atomic mass is 32.1. The molecule has 1 heterocycles. The zero-order valence-electron chi connectivity index (χ0n) is 27.2. The number of hydroxylamine groups is 1. The number of nitrogens with zero attached hydrogens (tertiary/aromatic N) is 1. The molecule has 1 rings (SSSR count). The normalized spacial score (nSPS) is 17.9. The van der Waals surface area contributed by atoms with Crippen LogP contribution < -0.4 is 32.5 Å². The van der Waals surface area contributed by atoms with Crippen LogP contribution in [0.5, 0.6) is 0 Å². The highest BCUT2D eigenvalue weighted by molar-refractivity contribution is 7.75. The number of ketones is 1. The van der Waals surface area contributed by atoms with Gasteiger partial charge in [0.2, 0.25) is 17.6 Å². The van der Waals surface area contributed by atoms with Crippen molar-refractivity contribution in [2.45, 2.75) is 119 Å². The Bertz CT molecular complexity index is 953. The Kier molecular flexibility index (Phi) is 18.1. The highest BCUT2D eigenvalue weighted by Crippen LogP contribution is 2.26. The molecule has 0 radical (unpaired) electrons. The molecule has 0 saturated carbocycles. The minimum absolute atomic E-state index is 0. The first kappa shape index (κ1) is 41.6. The molecule has 0 aromatic carbocycles. The molecule has 5 unspecified atom stereocenters. The van der Waals surface area contributed by atoms with Crippen LogP contribution in [0.15, 0.2) is 0 Å². The van der Waals surface area contributed by atoms with Gasteiger partial charge in [0, 0.05) is 25.7 Å². The average molecular weight is 646 g/mol. The van der Waals surface area contributed by atoms with Gasteiger partial charge in [-0.05, 0) is 61.9 Å². The van der Waals surface area contributed by atoms with Gasteiger partial charge in [0.1, 0.15) is 12.1 Å². The monoisotopic (exact) mass is 645 g/mol. The van der Waals surface area contributed by atoms with E-state index in [2.05, 4.69) is 43.9 Å². The molecule has 1 aliphatic rings. The molecule has 5 atom stereocenters. The second-order valence-corrected chi connectivity index (χ2v) is 13.8. The molecule has 0 aliphatic carbocycles. The van der Waals surface area contributed by atoms with E-state index in [9.17, 15) is 24.0 Å². The number of urea groups is 1. The number of thiol groups is 1. The molecular weight excluding hydrogens is 586 g/mol. The Morgan fingerprint density at radius 3 is 2.16 bits per heavy atom. The minimum Gasteiger partial charge on any atom is -0.363 e. The lowest BCUT2D eigenvalue weighted by molar-refractivity contribution is -0.143. The van der Waals surface area contributed by atoms with E-state index in [-0.39, 0.29) is 37.1 Å². The van der Waals surface area contributed by atoms with Gasteiger partial charge in [-0.25, -0.2) is 9.08 Å². The van der Waals surface area contributed by atoms with Crippen molar-refractivity contribution in [1.29, 1.82) is 0 Å². The summed E-state index contributed by atoms with van der Waals surface area (Å²) in [6, 6.07) is -3.55. The van der Waals surface area contributed by atoms with Crippen LogP contribution in [0.25, 0.3) is 0 Å². The first-order valence-corrected chi connectivity index (χ1v) is 15.6. The summed E-state index contributed by atoms with van der Waals surface area (Å²) in [4.78, 5) is 66.1. The van der Waals surface area contributed by atoms with Crippen LogP contribution in [-0.2, 0) is 23.5 Å². The van der Waals surface area contributed by atoms with Crippen molar-refractivity contribution in [3.63, 3.8) is 0 Å². The van der Waals surface area contributed by atoms with Gasteiger partial charge in [0.15, 0.2) is 0 Å². The number of likely N-dealkylation sites (tertiary alicyclic amines) is 1. The third-order valence-electron chi connectivity index (χ3n) is 7.83. The van der Waals surface area contributed by atoms with Crippen molar-refractivity contribution in [3.05, 3.63) is 0 Å². The number of nitrogens with two attached hydrogens (primary N) is 1. The number of rotatable bonds is 17. The van der Waals surface area contributed by atoms with E-state index < -0.39 is 47.2 Å². The summed E-state index contributed by atoms with van der Waals surface area (Å²) in [7, 11) is 0. The zero-order valence-corrected chi connectivity index (χ0v) is 28.1. The lowest BCUT2D eigenvalue weighted by Crippen LogP contribution is -2.61. The SMILES string of the molecule is C.CCC(C)CC(NC(=O)C1CCCN1C(=O)C(NC(=O)NC(CNCCCNOS)C(C)(C)C)C(C)(C)C)C(=O)C(N)=O. The quantitative estimate of drug-likeness (QED) is 0.0412. The standard InChI is InChI=1S/C29H55N7O6S.CH4/c1-9-18(2)16-19(22(37)24(30)38)33-25(39)20-12-10-15-36(20)26(40)23(29(6,7)8)35-27(41)34-21(28(3,4)5)17-31-13-11-14-32-42-43;/h18-21,23,31-32,43H,9-17H2,1-8H3,(H2,30,38)(H,33,39)(H2,34,35,41);1H4. The maximum atomic E-state index is 13.9. The van der Waals surface area contributed by atoms with Gasteiger partial charge >= 0.3 is 6.03 Å². The van der Waals surface area contributed by atoms with Crippen LogP contribution in [0, 0.1) is 16.7 Å². The summed E-state index contributed by atoms with van der Waals surface area (Å²) < 4.78 is 4.54. The van der Waals surface area contributed by atoms with Gasteiger partial charge in [0.25, 0.3) is 5.91 Å². The molecule has 256 valence electrons. The smallest absolute Gasteiger partial charge is 0.315 e. The van der Waals surface area contributed by atoms with Crippen LogP contribution in [0.2, 0.25) is 0 Å². The molecule has 7 N–H and O–H groups in total. The first-order chi connectivity index (χ1) is 19.9. The third-order valence-corrected chi connectivity index (χ3v) is 7.96. The van der Waals surface area contributed by atoms with E-state index >= 15 is 0 Å². The maximum absolute atomic E-state index is 13.9. The van der Waals surface area contributed by atoms with Gasteiger partial charge in [0.05, 0.1) is 6.04 Å². The Balaban J connectivity index is 0.0000185. The van der Waals surface area contributed by atoms with Crippen LogP contribution in [0.4, 0.5) is 4.79 Å². The van der Waals surface area contributed by atoms with E-state index in [1.165, 1.54) is 4.90 Å². The summed E-state index contributed by atoms with van der Waals surface area (Å²) in [5, 5.41) is 11.9. The molecule has 44 heavy (non-hydrogen) atoms. The fraction of sp³-hybridized carbons (Fsp3) is 0.833. The second-order valence-electron chi connectivity index (χ2n) is 13.6. The van der Waals surface area contributed by atoms with Crippen molar-refractivity contribution in [2.75, 3.05) is 26.2 Å². The molecule has 1 aliphatic heterocycles. The molecule has 0 bridgehead atoms. The van der Waals surface area contributed by atoms with Crippen molar-refractivity contribution in [2.24, 2.45) is 22.5 Å². The van der Waals surface area contributed by atoms with E-state index in [0.717, 1.165) is 12.8 Å². The largest absolute Gasteiger partial charge is 0.363 e. The summed E-state index contributed by atoms with van der Waals surface area (Å²) >= 11 is 3.64. The summed E-state index contributed by atoms with van der Waals surface area (Å²) in [6.45, 7) is 17.6. The number of primary amides is 1. The molecule has 5 amide bonds. The fourth-order valence-electron chi connectivity index (χ4n) is 4.84. The molecule has 0 spiro atoms. The lowest BCUT2D eigenvalue weighted by atomic mass is 9.85. The maximum Gasteiger partial charge on any atom is 0.315 e. The van der Waals surface area contributed by atoms with Gasteiger partial charge in [-0.1, -0.05) is 69.2 Å². The Labute approximate surface area is 269 Å². The van der Waals surface area contributed by atoms with Crippen LogP contribution in [-0.4, -0.2) is 84.8 Å². The van der Waals surface area contributed by atoms with Crippen molar-refractivity contribution in [1.82, 2.24) is 31.6 Å². The third kappa shape index (κ3) is 13.7. The number of nitrogens with one attached hydrogen (secondary N) is 5. The summed E-state index contributed by atoms with van der Waals surface area (Å²) in [5.41, 5.74) is 6.95. The van der Waals surface area contributed by atoms with Crippen molar-refractivity contribution >= 4 is 42.4 Å². The fourth-order valence-corrected chi connectivity index (χ4v) is 4.93. The topological polar surface area (TPSA) is 184 Å². The Morgan fingerprint density at radius 1 is 1.00 bits per heavy atom. The molecule has 1 fully saturated rings. The van der Waals surface area contributed by atoms with Crippen molar-refractivity contribution in [3.8, 4) is 0 Å². The number of hydrogen-bond donors (Lipinski definition) is 7. The number of Topliss-reactive ketones (excluding diaryl/α,β-unsaturated/α-hetero) is 1. The molecular formula is C30H59N7O6S. The predicted molar refractivity (Wildman–Crippen MR) is 175 cm³/mol.